The Morgan fingerprint density at radius 1 is 1.13 bits per heavy atom. The SMILES string of the molecule is COc1cccc(N(CC(=O)N/N=C\c2ccccn2)S(=O)(=O)c2ccc(C)cc2)c1. The van der Waals surface area contributed by atoms with Gasteiger partial charge in [0.1, 0.15) is 12.3 Å². The molecule has 0 aliphatic carbocycles. The number of methoxy groups -OCH3 is 1. The fourth-order valence-corrected chi connectivity index (χ4v) is 4.12. The summed E-state index contributed by atoms with van der Waals surface area (Å²) in [6.45, 7) is 1.40. The molecule has 0 saturated heterocycles. The average molecular weight is 439 g/mol. The van der Waals surface area contributed by atoms with Crippen LogP contribution in [0.2, 0.25) is 0 Å². The predicted molar refractivity (Wildman–Crippen MR) is 119 cm³/mol. The third-order valence-electron chi connectivity index (χ3n) is 4.31. The topological polar surface area (TPSA) is 101 Å². The van der Waals surface area contributed by atoms with Crippen molar-refractivity contribution in [2.75, 3.05) is 18.0 Å². The number of sulfonamides is 1. The van der Waals surface area contributed by atoms with Gasteiger partial charge in [-0.25, -0.2) is 13.8 Å². The zero-order valence-corrected chi connectivity index (χ0v) is 17.9. The zero-order valence-electron chi connectivity index (χ0n) is 17.1. The van der Waals surface area contributed by atoms with E-state index < -0.39 is 22.5 Å². The van der Waals surface area contributed by atoms with Gasteiger partial charge in [0.25, 0.3) is 15.9 Å². The molecule has 3 rings (SSSR count). The quantitative estimate of drug-likeness (QED) is 0.431. The number of pyridine rings is 1. The van der Waals surface area contributed by atoms with Crippen molar-refractivity contribution in [1.82, 2.24) is 10.4 Å². The summed E-state index contributed by atoms with van der Waals surface area (Å²) in [5, 5.41) is 3.86. The van der Waals surface area contributed by atoms with Crippen molar-refractivity contribution in [1.29, 1.82) is 0 Å². The normalized spacial score (nSPS) is 11.3. The first-order valence-corrected chi connectivity index (χ1v) is 10.8. The standard InChI is InChI=1S/C22H22N4O4S/c1-17-9-11-21(12-10-17)31(28,29)26(19-7-5-8-20(14-19)30-2)16-22(27)25-24-15-18-6-3-4-13-23-18/h3-15H,16H2,1-2H3,(H,25,27)/b24-15-. The maximum absolute atomic E-state index is 13.3. The molecule has 0 radical (unpaired) electrons. The van der Waals surface area contributed by atoms with Gasteiger partial charge in [-0.2, -0.15) is 5.10 Å². The van der Waals surface area contributed by atoms with Crippen LogP contribution < -0.4 is 14.5 Å². The summed E-state index contributed by atoms with van der Waals surface area (Å²) in [6.07, 6.45) is 2.98. The van der Waals surface area contributed by atoms with Crippen molar-refractivity contribution in [3.63, 3.8) is 0 Å². The van der Waals surface area contributed by atoms with Gasteiger partial charge < -0.3 is 4.74 Å². The third kappa shape index (κ3) is 5.67. The van der Waals surface area contributed by atoms with E-state index in [1.807, 2.05) is 6.92 Å². The van der Waals surface area contributed by atoms with Gasteiger partial charge >= 0.3 is 0 Å². The summed E-state index contributed by atoms with van der Waals surface area (Å²) >= 11 is 0. The van der Waals surface area contributed by atoms with E-state index in [-0.39, 0.29) is 4.90 Å². The number of aryl methyl sites for hydroxylation is 1. The summed E-state index contributed by atoms with van der Waals surface area (Å²) in [5.41, 5.74) is 4.12. The summed E-state index contributed by atoms with van der Waals surface area (Å²) in [6, 6.07) is 18.2. The largest absolute Gasteiger partial charge is 0.497 e. The van der Waals surface area contributed by atoms with Gasteiger partial charge in [-0.3, -0.25) is 14.1 Å². The van der Waals surface area contributed by atoms with Crippen LogP contribution in [-0.2, 0) is 14.8 Å². The maximum atomic E-state index is 13.3. The molecule has 0 bridgehead atoms. The fourth-order valence-electron chi connectivity index (χ4n) is 2.71. The average Bonchev–Trinajstić information content (AvgIpc) is 2.78. The lowest BCUT2D eigenvalue weighted by molar-refractivity contribution is -0.119. The Hall–Kier alpha value is -3.72. The lowest BCUT2D eigenvalue weighted by atomic mass is 10.2. The number of aromatic nitrogens is 1. The highest BCUT2D eigenvalue weighted by Crippen LogP contribution is 2.27. The first kappa shape index (κ1) is 22.0. The van der Waals surface area contributed by atoms with Crippen molar-refractivity contribution in [2.24, 2.45) is 5.10 Å². The molecular formula is C22H22N4O4S. The fraction of sp³-hybridized carbons (Fsp3) is 0.136. The molecule has 0 fully saturated rings. The smallest absolute Gasteiger partial charge is 0.264 e. The maximum Gasteiger partial charge on any atom is 0.264 e. The molecule has 9 heteroatoms. The minimum Gasteiger partial charge on any atom is -0.497 e. The van der Waals surface area contributed by atoms with Crippen LogP contribution in [0.5, 0.6) is 5.75 Å². The number of hydrazone groups is 1. The van der Waals surface area contributed by atoms with Crippen LogP contribution in [0.25, 0.3) is 0 Å². The number of amides is 1. The number of benzene rings is 2. The van der Waals surface area contributed by atoms with Gasteiger partial charge in [-0.1, -0.05) is 29.8 Å². The molecule has 0 saturated carbocycles. The lowest BCUT2D eigenvalue weighted by Gasteiger charge is -2.24. The van der Waals surface area contributed by atoms with E-state index in [1.54, 1.807) is 60.8 Å². The molecule has 0 spiro atoms. The van der Waals surface area contributed by atoms with Crippen LogP contribution in [0, 0.1) is 6.92 Å². The molecule has 1 heterocycles. The highest BCUT2D eigenvalue weighted by molar-refractivity contribution is 7.92. The molecule has 1 amide bonds. The van der Waals surface area contributed by atoms with Crippen molar-refractivity contribution in [2.45, 2.75) is 11.8 Å². The number of hydrogen-bond donors (Lipinski definition) is 1. The molecule has 1 aromatic heterocycles. The Labute approximate surface area is 181 Å². The van der Waals surface area contributed by atoms with E-state index in [4.69, 9.17) is 4.74 Å². The van der Waals surface area contributed by atoms with Gasteiger partial charge in [0.2, 0.25) is 0 Å². The number of nitrogens with one attached hydrogen (secondary N) is 1. The van der Waals surface area contributed by atoms with Gasteiger partial charge in [-0.05, 0) is 43.3 Å². The molecule has 0 atom stereocenters. The molecule has 1 N–H and O–H groups in total. The Balaban J connectivity index is 1.87. The van der Waals surface area contributed by atoms with Crippen molar-refractivity contribution < 1.29 is 17.9 Å². The number of hydrogen-bond acceptors (Lipinski definition) is 6. The van der Waals surface area contributed by atoms with Gasteiger partial charge in [0.15, 0.2) is 0 Å². The molecule has 8 nitrogen and oxygen atoms in total. The summed E-state index contributed by atoms with van der Waals surface area (Å²) in [7, 11) is -2.53. The summed E-state index contributed by atoms with van der Waals surface area (Å²) in [5.74, 6) is -0.138. The number of nitrogens with zero attached hydrogens (tertiary/aromatic N) is 3. The number of carbonyl (C=O) groups excluding carboxylic acids is 1. The molecule has 31 heavy (non-hydrogen) atoms. The number of anilines is 1. The monoisotopic (exact) mass is 438 g/mol. The Morgan fingerprint density at radius 2 is 1.90 bits per heavy atom. The van der Waals surface area contributed by atoms with Gasteiger partial charge in [0.05, 0.1) is 29.6 Å². The van der Waals surface area contributed by atoms with Crippen molar-refractivity contribution in [3.05, 3.63) is 84.2 Å². The molecule has 160 valence electrons. The molecule has 2 aromatic carbocycles. The van der Waals surface area contributed by atoms with Gasteiger partial charge in [-0.15, -0.1) is 0 Å². The van der Waals surface area contributed by atoms with E-state index in [0.717, 1.165) is 9.87 Å². The number of ether oxygens (including phenoxy) is 1. The molecule has 0 aliphatic rings. The molecular weight excluding hydrogens is 416 g/mol. The zero-order chi connectivity index (χ0) is 22.3. The van der Waals surface area contributed by atoms with Crippen molar-refractivity contribution in [3.8, 4) is 5.75 Å². The van der Waals surface area contributed by atoms with E-state index in [0.29, 0.717) is 17.1 Å². The van der Waals surface area contributed by atoms with Crippen LogP contribution >= 0.6 is 0 Å². The predicted octanol–water partition coefficient (Wildman–Crippen LogP) is 2.74. The first-order valence-electron chi connectivity index (χ1n) is 9.36. The van der Waals surface area contributed by atoms with Gasteiger partial charge in [0, 0.05) is 12.3 Å². The first-order chi connectivity index (χ1) is 14.9. The highest BCUT2D eigenvalue weighted by Gasteiger charge is 2.27. The Morgan fingerprint density at radius 3 is 2.58 bits per heavy atom. The second kappa shape index (κ2) is 9.86. The van der Waals surface area contributed by atoms with Crippen LogP contribution in [0.1, 0.15) is 11.3 Å². The van der Waals surface area contributed by atoms with E-state index in [2.05, 4.69) is 15.5 Å². The minimum atomic E-state index is -4.02. The Kier molecular flexibility index (Phi) is 6.99. The number of rotatable bonds is 8. The molecule has 0 unspecified atom stereocenters. The number of carbonyl (C=O) groups is 1. The third-order valence-corrected chi connectivity index (χ3v) is 6.10. The van der Waals surface area contributed by atoms with Crippen molar-refractivity contribution >= 4 is 27.8 Å². The minimum absolute atomic E-state index is 0.0747. The van der Waals surface area contributed by atoms with E-state index >= 15 is 0 Å². The van der Waals surface area contributed by atoms with Crippen LogP contribution in [-0.4, -0.2) is 39.2 Å². The second-order valence-electron chi connectivity index (χ2n) is 6.57. The highest BCUT2D eigenvalue weighted by atomic mass is 32.2. The second-order valence-corrected chi connectivity index (χ2v) is 8.44. The van der Waals surface area contributed by atoms with Crippen LogP contribution in [0.3, 0.4) is 0 Å². The van der Waals surface area contributed by atoms with E-state index in [1.165, 1.54) is 25.5 Å². The van der Waals surface area contributed by atoms with Crippen LogP contribution in [0.15, 0.2) is 82.9 Å². The van der Waals surface area contributed by atoms with Crippen LogP contribution in [0.4, 0.5) is 5.69 Å². The lowest BCUT2D eigenvalue weighted by Crippen LogP contribution is -2.39. The van der Waals surface area contributed by atoms with E-state index in [9.17, 15) is 13.2 Å². The summed E-state index contributed by atoms with van der Waals surface area (Å²) in [4.78, 5) is 16.7. The Bertz CT molecular complexity index is 1160. The molecule has 0 aliphatic heterocycles. The summed E-state index contributed by atoms with van der Waals surface area (Å²) < 4.78 is 32.9. The molecule has 3 aromatic rings.